The van der Waals surface area contributed by atoms with Crippen molar-refractivity contribution in [3.63, 3.8) is 0 Å². The SMILES string of the molecule is CCOCCOCCN1C(=O)c2cccc3c(Cl)ccc(c23)C1=O. The van der Waals surface area contributed by atoms with Gasteiger partial charge in [-0.3, -0.25) is 14.5 Å². The Morgan fingerprint density at radius 2 is 1.67 bits per heavy atom. The molecule has 0 unspecified atom stereocenters. The van der Waals surface area contributed by atoms with Gasteiger partial charge in [-0.15, -0.1) is 0 Å². The first-order chi connectivity index (χ1) is 11.6. The highest BCUT2D eigenvalue weighted by Crippen LogP contribution is 2.33. The smallest absolute Gasteiger partial charge is 0.261 e. The molecule has 2 aromatic rings. The minimum Gasteiger partial charge on any atom is -0.379 e. The van der Waals surface area contributed by atoms with Gasteiger partial charge in [-0.1, -0.05) is 23.7 Å². The molecular weight excluding hydrogens is 330 g/mol. The Bertz CT molecular complexity index is 768. The Morgan fingerprint density at radius 1 is 0.958 bits per heavy atom. The van der Waals surface area contributed by atoms with Crippen molar-refractivity contribution in [2.75, 3.05) is 33.0 Å². The third kappa shape index (κ3) is 3.02. The molecule has 0 radical (unpaired) electrons. The summed E-state index contributed by atoms with van der Waals surface area (Å²) in [7, 11) is 0. The first-order valence-electron chi connectivity index (χ1n) is 7.88. The first-order valence-corrected chi connectivity index (χ1v) is 8.26. The molecule has 0 atom stereocenters. The van der Waals surface area contributed by atoms with Gasteiger partial charge in [0.2, 0.25) is 0 Å². The van der Waals surface area contributed by atoms with Gasteiger partial charge < -0.3 is 9.47 Å². The zero-order chi connectivity index (χ0) is 17.1. The molecule has 3 rings (SSSR count). The lowest BCUT2D eigenvalue weighted by Crippen LogP contribution is -2.42. The number of carbonyl (C=O) groups is 2. The Balaban J connectivity index is 1.80. The molecule has 24 heavy (non-hydrogen) atoms. The Hall–Kier alpha value is -1.95. The largest absolute Gasteiger partial charge is 0.379 e. The Labute approximate surface area is 145 Å². The number of rotatable bonds is 7. The predicted molar refractivity (Wildman–Crippen MR) is 91.6 cm³/mol. The lowest BCUT2D eigenvalue weighted by molar-refractivity contribution is 0.0363. The predicted octanol–water partition coefficient (Wildman–Crippen LogP) is 3.14. The lowest BCUT2D eigenvalue weighted by Gasteiger charge is -2.27. The van der Waals surface area contributed by atoms with E-state index in [0.717, 1.165) is 5.39 Å². The van der Waals surface area contributed by atoms with Crippen LogP contribution in [0.2, 0.25) is 5.02 Å². The molecule has 1 aliphatic rings. The van der Waals surface area contributed by atoms with Crippen molar-refractivity contribution >= 4 is 34.2 Å². The number of ether oxygens (including phenoxy) is 2. The highest BCUT2D eigenvalue weighted by atomic mass is 35.5. The van der Waals surface area contributed by atoms with Crippen LogP contribution in [0.25, 0.3) is 10.8 Å². The number of hydrogen-bond donors (Lipinski definition) is 0. The maximum atomic E-state index is 12.7. The molecule has 0 N–H and O–H groups in total. The molecule has 2 aromatic carbocycles. The summed E-state index contributed by atoms with van der Waals surface area (Å²) < 4.78 is 10.6. The van der Waals surface area contributed by atoms with Gasteiger partial charge in [-0.25, -0.2) is 0 Å². The van der Waals surface area contributed by atoms with Crippen molar-refractivity contribution < 1.29 is 19.1 Å². The van der Waals surface area contributed by atoms with E-state index in [1.807, 2.05) is 13.0 Å². The fourth-order valence-electron chi connectivity index (χ4n) is 2.83. The normalized spacial score (nSPS) is 13.8. The number of hydrogen-bond acceptors (Lipinski definition) is 4. The van der Waals surface area contributed by atoms with E-state index in [1.165, 1.54) is 4.90 Å². The molecule has 1 aliphatic heterocycles. The second kappa shape index (κ2) is 7.30. The summed E-state index contributed by atoms with van der Waals surface area (Å²) in [4.78, 5) is 26.6. The summed E-state index contributed by atoms with van der Waals surface area (Å²) in [6.45, 7) is 3.97. The summed E-state index contributed by atoms with van der Waals surface area (Å²) in [5, 5.41) is 1.89. The summed E-state index contributed by atoms with van der Waals surface area (Å²) in [5.74, 6) is -0.623. The van der Waals surface area contributed by atoms with Gasteiger partial charge in [0, 0.05) is 33.5 Å². The van der Waals surface area contributed by atoms with Crippen LogP contribution >= 0.6 is 11.6 Å². The summed E-state index contributed by atoms with van der Waals surface area (Å²) in [6, 6.07) is 8.68. The highest BCUT2D eigenvalue weighted by molar-refractivity contribution is 6.38. The first kappa shape index (κ1) is 16.9. The minimum atomic E-state index is -0.311. The molecule has 6 heteroatoms. The van der Waals surface area contributed by atoms with Crippen molar-refractivity contribution in [2.45, 2.75) is 6.92 Å². The second-order valence-electron chi connectivity index (χ2n) is 5.39. The second-order valence-corrected chi connectivity index (χ2v) is 5.80. The van der Waals surface area contributed by atoms with Crippen molar-refractivity contribution in [3.05, 3.63) is 46.5 Å². The van der Waals surface area contributed by atoms with Gasteiger partial charge in [-0.2, -0.15) is 0 Å². The van der Waals surface area contributed by atoms with Gasteiger partial charge in [-0.05, 0) is 25.1 Å². The zero-order valence-corrected chi connectivity index (χ0v) is 14.1. The maximum Gasteiger partial charge on any atom is 0.261 e. The summed E-state index contributed by atoms with van der Waals surface area (Å²) >= 11 is 6.19. The minimum absolute atomic E-state index is 0.211. The van der Waals surface area contributed by atoms with Gasteiger partial charge >= 0.3 is 0 Å². The molecule has 0 fully saturated rings. The average molecular weight is 348 g/mol. The molecule has 0 aliphatic carbocycles. The number of nitrogens with zero attached hydrogens (tertiary/aromatic N) is 1. The third-order valence-corrected chi connectivity index (χ3v) is 4.30. The van der Waals surface area contributed by atoms with Crippen molar-refractivity contribution in [1.82, 2.24) is 4.90 Å². The molecular formula is C18H18ClNO4. The van der Waals surface area contributed by atoms with E-state index in [1.54, 1.807) is 24.3 Å². The van der Waals surface area contributed by atoms with Crippen LogP contribution in [0.1, 0.15) is 27.6 Å². The Morgan fingerprint density at radius 3 is 2.42 bits per heavy atom. The van der Waals surface area contributed by atoms with E-state index in [0.29, 0.717) is 41.4 Å². The van der Waals surface area contributed by atoms with E-state index < -0.39 is 0 Å². The van der Waals surface area contributed by atoms with Crippen LogP contribution < -0.4 is 0 Å². The standard InChI is InChI=1S/C18H18ClNO4/c1-2-23-10-11-24-9-8-20-17(21)13-5-3-4-12-15(19)7-6-14(16(12)13)18(20)22/h3-7H,2,8-11H2,1H3. The van der Waals surface area contributed by atoms with Crippen molar-refractivity contribution in [2.24, 2.45) is 0 Å². The molecule has 0 saturated carbocycles. The molecule has 0 saturated heterocycles. The third-order valence-electron chi connectivity index (χ3n) is 3.97. The van der Waals surface area contributed by atoms with Gasteiger partial charge in [0.15, 0.2) is 0 Å². The lowest BCUT2D eigenvalue weighted by atomic mass is 9.94. The Kier molecular flexibility index (Phi) is 5.14. The van der Waals surface area contributed by atoms with Crippen LogP contribution in [0, 0.1) is 0 Å². The fourth-order valence-corrected chi connectivity index (χ4v) is 3.05. The van der Waals surface area contributed by atoms with Crippen LogP contribution in [-0.2, 0) is 9.47 Å². The van der Waals surface area contributed by atoms with E-state index >= 15 is 0 Å². The summed E-state index contributed by atoms with van der Waals surface area (Å²) in [6.07, 6.45) is 0. The monoisotopic (exact) mass is 347 g/mol. The van der Waals surface area contributed by atoms with E-state index in [4.69, 9.17) is 21.1 Å². The number of amides is 2. The van der Waals surface area contributed by atoms with Crippen LogP contribution in [0.3, 0.4) is 0 Å². The molecule has 0 aromatic heterocycles. The van der Waals surface area contributed by atoms with Crippen LogP contribution in [-0.4, -0.2) is 49.7 Å². The van der Waals surface area contributed by atoms with E-state index in [-0.39, 0.29) is 25.0 Å². The average Bonchev–Trinajstić information content (AvgIpc) is 2.59. The topological polar surface area (TPSA) is 55.8 Å². The number of halogens is 1. The number of benzene rings is 2. The van der Waals surface area contributed by atoms with E-state index in [2.05, 4.69) is 0 Å². The highest BCUT2D eigenvalue weighted by Gasteiger charge is 2.32. The van der Waals surface area contributed by atoms with Crippen molar-refractivity contribution in [3.8, 4) is 0 Å². The van der Waals surface area contributed by atoms with Crippen LogP contribution in [0.4, 0.5) is 0 Å². The quantitative estimate of drug-likeness (QED) is 0.570. The van der Waals surface area contributed by atoms with Crippen molar-refractivity contribution in [1.29, 1.82) is 0 Å². The fraction of sp³-hybridized carbons (Fsp3) is 0.333. The van der Waals surface area contributed by atoms with Crippen LogP contribution in [0.5, 0.6) is 0 Å². The van der Waals surface area contributed by atoms with Gasteiger partial charge in [0.1, 0.15) is 0 Å². The maximum absolute atomic E-state index is 12.7. The van der Waals surface area contributed by atoms with Crippen LogP contribution in [0.15, 0.2) is 30.3 Å². The van der Waals surface area contributed by atoms with E-state index in [9.17, 15) is 9.59 Å². The van der Waals surface area contributed by atoms with Gasteiger partial charge in [0.05, 0.1) is 26.4 Å². The molecule has 5 nitrogen and oxygen atoms in total. The molecule has 1 heterocycles. The zero-order valence-electron chi connectivity index (χ0n) is 13.4. The van der Waals surface area contributed by atoms with Gasteiger partial charge in [0.25, 0.3) is 11.8 Å². The molecule has 126 valence electrons. The number of imide groups is 1. The molecule has 0 bridgehead atoms. The number of carbonyl (C=O) groups excluding carboxylic acids is 2. The molecule has 0 spiro atoms. The molecule has 2 amide bonds. The summed E-state index contributed by atoms with van der Waals surface area (Å²) in [5.41, 5.74) is 0.998.